The van der Waals surface area contributed by atoms with E-state index < -0.39 is 0 Å². The summed E-state index contributed by atoms with van der Waals surface area (Å²) in [6.07, 6.45) is 0. The zero-order valence-electron chi connectivity index (χ0n) is 32.7. The van der Waals surface area contributed by atoms with Gasteiger partial charge in [-0.25, -0.2) is 0 Å². The van der Waals surface area contributed by atoms with E-state index >= 15 is 0 Å². The topological polar surface area (TPSA) is 25.6 Å². The summed E-state index contributed by atoms with van der Waals surface area (Å²) in [7, 11) is 0. The summed E-state index contributed by atoms with van der Waals surface area (Å²) in [5.74, 6) is 1.76. The van der Waals surface area contributed by atoms with Crippen LogP contribution >= 0.6 is 0 Å². The predicted molar refractivity (Wildman–Crippen MR) is 254 cm³/mol. The fourth-order valence-electron chi connectivity index (χ4n) is 12.3. The molecule has 0 aliphatic carbocycles. The zero-order chi connectivity index (χ0) is 39.2. The van der Waals surface area contributed by atoms with Crippen LogP contribution in [0.3, 0.4) is 0 Å². The van der Waals surface area contributed by atoms with E-state index in [0.29, 0.717) is 0 Å². The molecule has 0 bridgehead atoms. The molecule has 5 nitrogen and oxygen atoms in total. The van der Waals surface area contributed by atoms with E-state index in [1.807, 2.05) is 0 Å². The lowest BCUT2D eigenvalue weighted by Crippen LogP contribution is -2.67. The highest BCUT2D eigenvalue weighted by Gasteiger charge is 2.51. The Labute approximate surface area is 351 Å². The van der Waals surface area contributed by atoms with Gasteiger partial charge in [0.25, 0.3) is 13.4 Å². The number of para-hydroxylation sites is 8. The van der Waals surface area contributed by atoms with Gasteiger partial charge in [0.15, 0.2) is 11.5 Å². The van der Waals surface area contributed by atoms with Crippen LogP contribution in [0.4, 0.5) is 34.1 Å². The van der Waals surface area contributed by atoms with Crippen LogP contribution in [0.1, 0.15) is 0 Å². The van der Waals surface area contributed by atoms with Crippen molar-refractivity contribution in [1.29, 1.82) is 0 Å². The van der Waals surface area contributed by atoms with Gasteiger partial charge in [-0.05, 0) is 93.4 Å². The average molecular weight is 772 g/mol. The third-order valence-electron chi connectivity index (χ3n) is 14.4. The number of hydrogen-bond donors (Lipinski definition) is 0. The van der Waals surface area contributed by atoms with Gasteiger partial charge in [-0.2, -0.15) is 0 Å². The van der Waals surface area contributed by atoms with Gasteiger partial charge in [0.2, 0.25) is 0 Å². The second-order valence-corrected chi connectivity index (χ2v) is 17.1. The minimum atomic E-state index is -0.0394. The maximum absolute atomic E-state index is 6.85. The third kappa shape index (κ3) is 3.51. The Bertz CT molecular complexity index is 3830. The number of benzene rings is 9. The van der Waals surface area contributed by atoms with Gasteiger partial charge in [0.05, 0.1) is 27.9 Å². The number of hydrogen-bond acceptors (Lipinski definition) is 3. The van der Waals surface area contributed by atoms with Crippen LogP contribution in [-0.4, -0.2) is 22.6 Å². The standard InChI is InChI=1S/C54H30B2N4O/c1-3-15-31(16-4-1)57-41-25-10-8-21-36(41)55-37-22-13-20-34-47-51-35(33-19-7-9-24-40(33)58(51)32-17-5-2-6-18-32)29-39-53(47)60(50(34)37)54-48(55)43(57)30-44-49(54)56(39)38-23-14-28-46-52(38)59(44)42-26-11-12-27-45(42)61-46/h1-30H. The first-order valence-electron chi connectivity index (χ1n) is 21.3. The smallest absolute Gasteiger partial charge is 0.252 e. The fourth-order valence-corrected chi connectivity index (χ4v) is 12.3. The summed E-state index contributed by atoms with van der Waals surface area (Å²) in [4.78, 5) is 5.05. The molecule has 2 aromatic heterocycles. The molecule has 0 amide bonds. The van der Waals surface area contributed by atoms with Crippen molar-refractivity contribution < 1.29 is 4.74 Å². The summed E-state index contributed by atoms with van der Waals surface area (Å²) in [5.41, 5.74) is 22.6. The van der Waals surface area contributed by atoms with E-state index in [1.54, 1.807) is 0 Å². The number of rotatable bonds is 2. The van der Waals surface area contributed by atoms with Crippen molar-refractivity contribution in [3.63, 3.8) is 0 Å². The highest BCUT2D eigenvalue weighted by molar-refractivity contribution is 7.04. The minimum absolute atomic E-state index is 0.0364. The molecule has 7 heteroatoms. The molecule has 278 valence electrons. The van der Waals surface area contributed by atoms with Crippen LogP contribution < -0.4 is 47.3 Å². The lowest BCUT2D eigenvalue weighted by molar-refractivity contribution is 0.477. The monoisotopic (exact) mass is 772 g/mol. The fraction of sp³-hybridized carbons (Fsp3) is 0. The summed E-state index contributed by atoms with van der Waals surface area (Å²) in [5, 5.41) is 5.16. The zero-order valence-corrected chi connectivity index (χ0v) is 32.7. The van der Waals surface area contributed by atoms with Crippen LogP contribution in [0.15, 0.2) is 182 Å². The maximum Gasteiger partial charge on any atom is 0.252 e. The molecule has 5 aliphatic rings. The molecule has 0 radical (unpaired) electrons. The number of anilines is 6. The predicted octanol–water partition coefficient (Wildman–Crippen LogP) is 9.21. The second kappa shape index (κ2) is 10.6. The summed E-state index contributed by atoms with van der Waals surface area (Å²) in [6.45, 7) is -0.00295. The van der Waals surface area contributed by atoms with Crippen molar-refractivity contribution in [2.24, 2.45) is 0 Å². The molecule has 0 saturated heterocycles. The van der Waals surface area contributed by atoms with Gasteiger partial charge in [0, 0.05) is 61.2 Å². The maximum atomic E-state index is 6.85. The lowest BCUT2D eigenvalue weighted by atomic mass is 9.29. The van der Waals surface area contributed by atoms with Gasteiger partial charge in [-0.15, -0.1) is 0 Å². The molecule has 5 aliphatic heterocycles. The van der Waals surface area contributed by atoms with Crippen LogP contribution in [0.25, 0.3) is 55.0 Å². The van der Waals surface area contributed by atoms with E-state index in [4.69, 9.17) is 4.74 Å². The highest BCUT2D eigenvalue weighted by Crippen LogP contribution is 2.54. The Morgan fingerprint density at radius 2 is 1.00 bits per heavy atom. The van der Waals surface area contributed by atoms with Gasteiger partial charge in [0.1, 0.15) is 0 Å². The first-order valence-corrected chi connectivity index (χ1v) is 21.3. The average Bonchev–Trinajstić information content (AvgIpc) is 3.84. The number of fused-ring (bicyclic) bond motifs is 13. The van der Waals surface area contributed by atoms with Crippen molar-refractivity contribution in [3.05, 3.63) is 182 Å². The Hall–Kier alpha value is -7.89. The number of nitrogens with zero attached hydrogens (tertiary/aromatic N) is 4. The second-order valence-electron chi connectivity index (χ2n) is 17.1. The minimum Gasteiger partial charge on any atom is -0.453 e. The van der Waals surface area contributed by atoms with E-state index in [0.717, 1.165) is 28.6 Å². The Morgan fingerprint density at radius 1 is 0.361 bits per heavy atom. The van der Waals surface area contributed by atoms with Crippen molar-refractivity contribution in [3.8, 4) is 22.9 Å². The molecule has 16 rings (SSSR count). The molecule has 0 fully saturated rings. The molecule has 0 spiro atoms. The molecule has 7 heterocycles. The summed E-state index contributed by atoms with van der Waals surface area (Å²) < 4.78 is 12.1. The van der Waals surface area contributed by atoms with Gasteiger partial charge in [-0.1, -0.05) is 121 Å². The molecule has 0 unspecified atom stereocenters. The van der Waals surface area contributed by atoms with E-state index in [9.17, 15) is 0 Å². The Kier molecular flexibility index (Phi) is 5.42. The van der Waals surface area contributed by atoms with Gasteiger partial charge < -0.3 is 23.7 Å². The molecular weight excluding hydrogens is 742 g/mol. The highest BCUT2D eigenvalue weighted by atomic mass is 16.5. The Morgan fingerprint density at radius 3 is 1.87 bits per heavy atom. The van der Waals surface area contributed by atoms with Crippen LogP contribution in [0, 0.1) is 0 Å². The lowest BCUT2D eigenvalue weighted by Gasteiger charge is -2.47. The van der Waals surface area contributed by atoms with Gasteiger partial charge in [-0.3, -0.25) is 0 Å². The largest absolute Gasteiger partial charge is 0.453 e. The van der Waals surface area contributed by atoms with Crippen LogP contribution in [-0.2, 0) is 0 Å². The van der Waals surface area contributed by atoms with E-state index in [-0.39, 0.29) is 13.4 Å². The molecule has 61 heavy (non-hydrogen) atoms. The van der Waals surface area contributed by atoms with Crippen LogP contribution in [0.2, 0.25) is 0 Å². The molecule has 0 atom stereocenters. The Balaban J connectivity index is 1.18. The number of aromatic nitrogens is 2. The van der Waals surface area contributed by atoms with Crippen molar-refractivity contribution >= 4 is 124 Å². The molecule has 9 aromatic carbocycles. The quantitative estimate of drug-likeness (QED) is 0.164. The van der Waals surface area contributed by atoms with Gasteiger partial charge >= 0.3 is 0 Å². The number of ether oxygens (including phenoxy) is 1. The first-order chi connectivity index (χ1) is 30.3. The SMILES string of the molecule is c1ccc(N2c3ccccc3B3c4c2cc2c5c4-n4c6c3cccc6c3c4c(cc4c6ccccc6n(-c6ccccc6)c43)B5c3cccc4c3N2c2ccccc2O4)cc1. The third-order valence-corrected chi connectivity index (χ3v) is 14.4. The molecule has 0 saturated carbocycles. The molecule has 0 N–H and O–H groups in total. The summed E-state index contributed by atoms with van der Waals surface area (Å²) in [6, 6.07) is 67.5. The summed E-state index contributed by atoms with van der Waals surface area (Å²) >= 11 is 0. The molecule has 11 aromatic rings. The molecular formula is C54H30B2N4O. The van der Waals surface area contributed by atoms with E-state index in [1.165, 1.54) is 105 Å². The van der Waals surface area contributed by atoms with Crippen LogP contribution in [0.5, 0.6) is 11.5 Å². The van der Waals surface area contributed by atoms with Crippen molar-refractivity contribution in [2.75, 3.05) is 9.80 Å². The van der Waals surface area contributed by atoms with E-state index in [2.05, 4.69) is 201 Å². The normalized spacial score (nSPS) is 14.2. The van der Waals surface area contributed by atoms with Crippen molar-refractivity contribution in [2.45, 2.75) is 0 Å². The van der Waals surface area contributed by atoms with Crippen molar-refractivity contribution in [1.82, 2.24) is 9.13 Å². The first kappa shape index (κ1) is 31.1.